The molecular weight excluding hydrogens is 272 g/mol. The predicted octanol–water partition coefficient (Wildman–Crippen LogP) is 3.68. The van der Waals surface area contributed by atoms with Crippen LogP contribution < -0.4 is 4.74 Å². The van der Waals surface area contributed by atoms with Gasteiger partial charge in [-0.2, -0.15) is 0 Å². The molecule has 1 atom stereocenters. The highest BCUT2D eigenvalue weighted by molar-refractivity contribution is 7.98. The average Bonchev–Trinajstić information content (AvgIpc) is 2.46. The van der Waals surface area contributed by atoms with E-state index >= 15 is 0 Å². The van der Waals surface area contributed by atoms with E-state index in [1.807, 2.05) is 44.4 Å². The topological polar surface area (TPSA) is 44.2 Å². The van der Waals surface area contributed by atoms with Gasteiger partial charge in [-0.05, 0) is 32.2 Å². The van der Waals surface area contributed by atoms with Crippen molar-refractivity contribution in [3.8, 4) is 17.0 Å². The number of hydrogen-bond acceptors (Lipinski definition) is 5. The largest absolute Gasteiger partial charge is 0.460 e. The number of ether oxygens (including phenoxy) is 2. The zero-order valence-electron chi connectivity index (χ0n) is 11.7. The summed E-state index contributed by atoms with van der Waals surface area (Å²) in [6, 6.07) is 7.89. The Bertz CT molecular complexity index is 631. The third-order valence-electron chi connectivity index (χ3n) is 3.00. The molecule has 0 radical (unpaired) electrons. The maximum atomic E-state index is 5.93. The van der Waals surface area contributed by atoms with Crippen molar-refractivity contribution in [2.75, 3.05) is 6.26 Å². The summed E-state index contributed by atoms with van der Waals surface area (Å²) in [5.41, 5.74) is 2.77. The minimum atomic E-state index is -0.448. The molecule has 2 heterocycles. The number of hydrogen-bond donors (Lipinski definition) is 0. The Morgan fingerprint density at radius 1 is 1.30 bits per heavy atom. The second kappa shape index (κ2) is 5.42. The minimum absolute atomic E-state index is 0.0679. The highest BCUT2D eigenvalue weighted by Gasteiger charge is 2.29. The number of nitrogens with zero attached hydrogens (tertiary/aromatic N) is 2. The Morgan fingerprint density at radius 2 is 2.10 bits per heavy atom. The summed E-state index contributed by atoms with van der Waals surface area (Å²) >= 11 is 1.53. The van der Waals surface area contributed by atoms with Crippen LogP contribution in [0.25, 0.3) is 11.3 Å². The van der Waals surface area contributed by atoms with Crippen LogP contribution in [0.2, 0.25) is 0 Å². The smallest absolute Gasteiger partial charge is 0.230 e. The minimum Gasteiger partial charge on any atom is -0.460 e. The molecule has 4 nitrogen and oxygen atoms in total. The normalized spacial score (nSPS) is 16.5. The van der Waals surface area contributed by atoms with Gasteiger partial charge in [-0.15, -0.1) is 0 Å². The molecule has 2 aromatic rings. The van der Waals surface area contributed by atoms with E-state index in [0.29, 0.717) is 0 Å². The van der Waals surface area contributed by atoms with Gasteiger partial charge < -0.3 is 9.47 Å². The molecule has 0 N–H and O–H groups in total. The first kappa shape index (κ1) is 13.4. The highest BCUT2D eigenvalue weighted by atomic mass is 32.2. The van der Waals surface area contributed by atoms with Gasteiger partial charge in [-0.25, -0.2) is 9.97 Å². The van der Waals surface area contributed by atoms with E-state index in [1.54, 1.807) is 6.20 Å². The van der Waals surface area contributed by atoms with Crippen LogP contribution in [0.5, 0.6) is 5.75 Å². The van der Waals surface area contributed by atoms with E-state index < -0.39 is 6.29 Å². The van der Waals surface area contributed by atoms with Crippen LogP contribution in [0.3, 0.4) is 0 Å². The lowest BCUT2D eigenvalue weighted by Crippen LogP contribution is -2.21. The quantitative estimate of drug-likeness (QED) is 0.636. The van der Waals surface area contributed by atoms with Gasteiger partial charge >= 0.3 is 0 Å². The first-order valence-electron chi connectivity index (χ1n) is 6.51. The fourth-order valence-electron chi connectivity index (χ4n) is 2.15. The van der Waals surface area contributed by atoms with Crippen LogP contribution >= 0.6 is 11.8 Å². The Labute approximate surface area is 122 Å². The van der Waals surface area contributed by atoms with Crippen molar-refractivity contribution in [2.24, 2.45) is 0 Å². The maximum absolute atomic E-state index is 5.93. The third-order valence-corrected chi connectivity index (χ3v) is 3.57. The molecule has 0 aliphatic carbocycles. The Balaban J connectivity index is 2.13. The maximum Gasteiger partial charge on any atom is 0.230 e. The number of rotatable bonds is 3. The third kappa shape index (κ3) is 2.39. The van der Waals surface area contributed by atoms with Crippen molar-refractivity contribution in [1.29, 1.82) is 0 Å². The average molecular weight is 288 g/mol. The van der Waals surface area contributed by atoms with E-state index in [0.717, 1.165) is 27.7 Å². The predicted molar refractivity (Wildman–Crippen MR) is 78.8 cm³/mol. The molecule has 20 heavy (non-hydrogen) atoms. The lowest BCUT2D eigenvalue weighted by Gasteiger charge is -2.28. The van der Waals surface area contributed by atoms with E-state index in [4.69, 9.17) is 9.47 Å². The van der Waals surface area contributed by atoms with Gasteiger partial charge in [0.25, 0.3) is 0 Å². The molecule has 5 heteroatoms. The lowest BCUT2D eigenvalue weighted by molar-refractivity contribution is -0.113. The number of thioether (sulfide) groups is 1. The standard InChI is InChI=1S/C15H16N2O2S/c1-9(2)18-14-11-8-16-15(20-3)17-13(11)10-6-4-5-7-12(10)19-14/h4-9,14H,1-3H3. The molecule has 1 aliphatic rings. The van der Waals surface area contributed by atoms with Gasteiger partial charge in [0.15, 0.2) is 5.16 Å². The molecule has 1 aliphatic heterocycles. The lowest BCUT2D eigenvalue weighted by atomic mass is 10.0. The summed E-state index contributed by atoms with van der Waals surface area (Å²) in [6.45, 7) is 3.97. The van der Waals surface area contributed by atoms with Crippen molar-refractivity contribution < 1.29 is 9.47 Å². The molecule has 3 rings (SSSR count). The first-order chi connectivity index (χ1) is 9.69. The zero-order chi connectivity index (χ0) is 14.1. The van der Waals surface area contributed by atoms with E-state index in [1.165, 1.54) is 11.8 Å². The summed E-state index contributed by atoms with van der Waals surface area (Å²) in [5, 5.41) is 0.753. The number of fused-ring (bicyclic) bond motifs is 3. The fraction of sp³-hybridized carbons (Fsp3) is 0.333. The van der Waals surface area contributed by atoms with Gasteiger partial charge in [0.2, 0.25) is 6.29 Å². The van der Waals surface area contributed by atoms with Gasteiger partial charge in [-0.1, -0.05) is 23.9 Å². The van der Waals surface area contributed by atoms with Crippen molar-refractivity contribution >= 4 is 11.8 Å². The zero-order valence-corrected chi connectivity index (χ0v) is 12.5. The van der Waals surface area contributed by atoms with Crippen molar-refractivity contribution in [1.82, 2.24) is 9.97 Å². The summed E-state index contributed by atoms with van der Waals surface area (Å²) in [6.07, 6.45) is 3.39. The second-order valence-corrected chi connectivity index (χ2v) is 5.56. The summed E-state index contributed by atoms with van der Waals surface area (Å²) in [4.78, 5) is 8.96. The van der Waals surface area contributed by atoms with Crippen molar-refractivity contribution in [3.63, 3.8) is 0 Å². The summed E-state index contributed by atoms with van der Waals surface area (Å²) in [5.74, 6) is 0.802. The van der Waals surface area contributed by atoms with Gasteiger partial charge in [0, 0.05) is 11.8 Å². The fourth-order valence-corrected chi connectivity index (χ4v) is 2.49. The first-order valence-corrected chi connectivity index (χ1v) is 7.74. The number of aromatic nitrogens is 2. The molecule has 1 aromatic heterocycles. The van der Waals surface area contributed by atoms with E-state index in [9.17, 15) is 0 Å². The van der Waals surface area contributed by atoms with Crippen LogP contribution in [0.15, 0.2) is 35.6 Å². The van der Waals surface area contributed by atoms with Gasteiger partial charge in [0.05, 0.1) is 17.4 Å². The van der Waals surface area contributed by atoms with Crippen molar-refractivity contribution in [3.05, 3.63) is 36.0 Å². The SMILES string of the molecule is CSc1ncc2c(n1)-c1ccccc1OC2OC(C)C. The van der Waals surface area contributed by atoms with Gasteiger partial charge in [-0.3, -0.25) is 0 Å². The molecular formula is C15H16N2O2S. The molecule has 0 fully saturated rings. The Kier molecular flexibility index (Phi) is 3.63. The van der Waals surface area contributed by atoms with Gasteiger partial charge in [0.1, 0.15) is 5.75 Å². The molecule has 0 amide bonds. The van der Waals surface area contributed by atoms with Crippen LogP contribution in [0.1, 0.15) is 25.7 Å². The molecule has 0 bridgehead atoms. The summed E-state index contributed by atoms with van der Waals surface area (Å²) < 4.78 is 11.8. The van der Waals surface area contributed by atoms with Crippen LogP contribution in [-0.2, 0) is 4.74 Å². The molecule has 0 saturated heterocycles. The van der Waals surface area contributed by atoms with E-state index in [2.05, 4.69) is 9.97 Å². The second-order valence-electron chi connectivity index (χ2n) is 4.79. The molecule has 1 aromatic carbocycles. The molecule has 1 unspecified atom stereocenters. The van der Waals surface area contributed by atoms with E-state index in [-0.39, 0.29) is 6.10 Å². The molecule has 104 valence electrons. The molecule has 0 saturated carbocycles. The summed E-state index contributed by atoms with van der Waals surface area (Å²) in [7, 11) is 0. The highest BCUT2D eigenvalue weighted by Crippen LogP contribution is 2.41. The number of para-hydroxylation sites is 1. The monoisotopic (exact) mass is 288 g/mol. The van der Waals surface area contributed by atoms with Crippen LogP contribution in [0, 0.1) is 0 Å². The Morgan fingerprint density at radius 3 is 2.85 bits per heavy atom. The molecule has 0 spiro atoms. The Hall–Kier alpha value is -1.59. The van der Waals surface area contributed by atoms with Crippen molar-refractivity contribution in [2.45, 2.75) is 31.4 Å². The van der Waals surface area contributed by atoms with Crippen LogP contribution in [0.4, 0.5) is 0 Å². The van der Waals surface area contributed by atoms with Crippen LogP contribution in [-0.4, -0.2) is 22.3 Å². The number of benzene rings is 1.